The summed E-state index contributed by atoms with van der Waals surface area (Å²) in [6.07, 6.45) is 5.12. The molecule has 1 N–H and O–H groups in total. The van der Waals surface area contributed by atoms with Crippen molar-refractivity contribution in [2.45, 2.75) is 13.8 Å². The Kier molecular flexibility index (Phi) is 4.50. The summed E-state index contributed by atoms with van der Waals surface area (Å²) in [5.74, 6) is 0.819. The van der Waals surface area contributed by atoms with Gasteiger partial charge in [-0.15, -0.1) is 0 Å². The highest BCUT2D eigenvalue weighted by Crippen LogP contribution is 1.85. The van der Waals surface area contributed by atoms with Gasteiger partial charge in [-0.25, -0.2) is 4.98 Å². The monoisotopic (exact) mass is 124 g/mol. The maximum atomic E-state index is 3.86. The molecule has 9 heavy (non-hydrogen) atoms. The van der Waals surface area contributed by atoms with Gasteiger partial charge in [-0.1, -0.05) is 20.4 Å². The summed E-state index contributed by atoms with van der Waals surface area (Å²) in [5, 5.41) is 0. The molecule has 0 atom stereocenters. The lowest BCUT2D eigenvalue weighted by atomic mass is 10.6. The molecule has 0 unspecified atom stereocenters. The van der Waals surface area contributed by atoms with Crippen LogP contribution in [0.4, 0.5) is 0 Å². The Balaban J connectivity index is 0.000000291. The number of hydrogen-bond acceptors (Lipinski definition) is 1. The first-order valence-corrected chi connectivity index (χ1v) is 3.05. The molecule has 2 nitrogen and oxygen atoms in total. The van der Waals surface area contributed by atoms with Crippen molar-refractivity contribution in [3.8, 4) is 0 Å². The maximum Gasteiger partial charge on any atom is 0.129 e. The lowest BCUT2D eigenvalue weighted by Gasteiger charge is -1.73. The van der Waals surface area contributed by atoms with E-state index in [0.717, 1.165) is 5.82 Å². The van der Waals surface area contributed by atoms with Gasteiger partial charge in [0.25, 0.3) is 0 Å². The smallest absolute Gasteiger partial charge is 0.129 e. The van der Waals surface area contributed by atoms with Crippen molar-refractivity contribution < 1.29 is 0 Å². The molecule has 0 aromatic carbocycles. The lowest BCUT2D eigenvalue weighted by molar-refractivity contribution is 1.27. The van der Waals surface area contributed by atoms with Crippen molar-refractivity contribution in [3.63, 3.8) is 0 Å². The summed E-state index contributed by atoms with van der Waals surface area (Å²) in [4.78, 5) is 6.72. The molecule has 0 saturated carbocycles. The number of aromatic amines is 1. The molecule has 1 rings (SSSR count). The molecule has 1 aromatic heterocycles. The molecule has 0 fully saturated rings. The van der Waals surface area contributed by atoms with Crippen molar-refractivity contribution in [1.29, 1.82) is 0 Å². The number of rotatable bonds is 1. The van der Waals surface area contributed by atoms with E-state index in [4.69, 9.17) is 0 Å². The third kappa shape index (κ3) is 2.69. The molecule has 0 saturated heterocycles. The van der Waals surface area contributed by atoms with E-state index in [1.54, 1.807) is 18.5 Å². The van der Waals surface area contributed by atoms with Gasteiger partial charge in [0.05, 0.1) is 0 Å². The zero-order valence-electron chi connectivity index (χ0n) is 5.89. The van der Waals surface area contributed by atoms with Gasteiger partial charge < -0.3 is 4.98 Å². The second-order valence-electron chi connectivity index (χ2n) is 1.18. The zero-order chi connectivity index (χ0) is 7.11. The van der Waals surface area contributed by atoms with Gasteiger partial charge in [-0.2, -0.15) is 0 Å². The highest BCUT2D eigenvalue weighted by molar-refractivity contribution is 5.34. The first-order chi connectivity index (χ1) is 4.43. The molecule has 0 spiro atoms. The lowest BCUT2D eigenvalue weighted by Crippen LogP contribution is -1.67. The molecule has 2 heteroatoms. The minimum Gasteiger partial charge on any atom is -0.345 e. The average Bonchev–Trinajstić information content (AvgIpc) is 2.43. The molecular formula is C7H12N2. The van der Waals surface area contributed by atoms with Crippen molar-refractivity contribution in [1.82, 2.24) is 9.97 Å². The van der Waals surface area contributed by atoms with Gasteiger partial charge in [-0.05, 0) is 6.08 Å². The molecular weight excluding hydrogens is 112 g/mol. The van der Waals surface area contributed by atoms with Crippen LogP contribution in [0, 0.1) is 0 Å². The van der Waals surface area contributed by atoms with Crippen LogP contribution < -0.4 is 0 Å². The number of imidazole rings is 1. The number of nitrogens with one attached hydrogen (secondary N) is 1. The van der Waals surface area contributed by atoms with Gasteiger partial charge in [0, 0.05) is 12.4 Å². The summed E-state index contributed by atoms with van der Waals surface area (Å²) in [7, 11) is 0. The first-order valence-electron chi connectivity index (χ1n) is 3.05. The van der Waals surface area contributed by atoms with E-state index in [1.807, 2.05) is 13.8 Å². The van der Waals surface area contributed by atoms with E-state index in [1.165, 1.54) is 0 Å². The van der Waals surface area contributed by atoms with Crippen LogP contribution in [0.3, 0.4) is 0 Å². The first kappa shape index (κ1) is 7.95. The van der Waals surface area contributed by atoms with E-state index in [-0.39, 0.29) is 0 Å². The summed E-state index contributed by atoms with van der Waals surface area (Å²) < 4.78 is 0. The molecule has 0 aliphatic heterocycles. The van der Waals surface area contributed by atoms with E-state index in [9.17, 15) is 0 Å². The van der Waals surface area contributed by atoms with Gasteiger partial charge >= 0.3 is 0 Å². The number of aromatic nitrogens is 2. The molecule has 50 valence electrons. The minimum absolute atomic E-state index is 0.819. The van der Waals surface area contributed by atoms with Crippen LogP contribution in [-0.2, 0) is 0 Å². The molecule has 0 bridgehead atoms. The third-order valence-corrected chi connectivity index (χ3v) is 0.713. The van der Waals surface area contributed by atoms with Crippen LogP contribution in [0.1, 0.15) is 19.7 Å². The topological polar surface area (TPSA) is 28.7 Å². The fourth-order valence-electron chi connectivity index (χ4n) is 0.389. The quantitative estimate of drug-likeness (QED) is 0.610. The second-order valence-corrected chi connectivity index (χ2v) is 1.18. The number of nitrogens with zero attached hydrogens (tertiary/aromatic N) is 1. The number of hydrogen-bond donors (Lipinski definition) is 1. The van der Waals surface area contributed by atoms with Gasteiger partial charge in [0.15, 0.2) is 0 Å². The van der Waals surface area contributed by atoms with Gasteiger partial charge in [0.2, 0.25) is 0 Å². The molecule has 0 radical (unpaired) electrons. The van der Waals surface area contributed by atoms with E-state index < -0.39 is 0 Å². The van der Waals surface area contributed by atoms with Crippen molar-refractivity contribution in [2.24, 2.45) is 0 Å². The Morgan fingerprint density at radius 1 is 1.67 bits per heavy atom. The van der Waals surface area contributed by atoms with Crippen LogP contribution in [-0.4, -0.2) is 9.97 Å². The predicted molar refractivity (Wildman–Crippen MR) is 40.0 cm³/mol. The summed E-state index contributed by atoms with van der Waals surface area (Å²) in [5.41, 5.74) is 0. The van der Waals surface area contributed by atoms with Crippen molar-refractivity contribution in [3.05, 3.63) is 24.8 Å². The van der Waals surface area contributed by atoms with E-state index >= 15 is 0 Å². The maximum absolute atomic E-state index is 3.86. The van der Waals surface area contributed by atoms with Gasteiger partial charge in [-0.3, -0.25) is 0 Å². The zero-order valence-corrected chi connectivity index (χ0v) is 5.89. The second kappa shape index (κ2) is 5.09. The van der Waals surface area contributed by atoms with Gasteiger partial charge in [0.1, 0.15) is 5.82 Å². The fraction of sp³-hybridized carbons (Fsp3) is 0.286. The molecule has 1 aromatic rings. The van der Waals surface area contributed by atoms with Crippen LogP contribution in [0.25, 0.3) is 6.08 Å². The largest absolute Gasteiger partial charge is 0.345 e. The summed E-state index contributed by atoms with van der Waals surface area (Å²) in [6.45, 7) is 7.51. The number of H-pyrrole nitrogens is 1. The van der Waals surface area contributed by atoms with Crippen molar-refractivity contribution in [2.75, 3.05) is 0 Å². The Hall–Kier alpha value is -1.05. The SMILES string of the molecule is C=Cc1ncc[nH]1.CC. The van der Waals surface area contributed by atoms with Crippen LogP contribution in [0.2, 0.25) is 0 Å². The molecule has 1 heterocycles. The third-order valence-electron chi connectivity index (χ3n) is 0.713. The average molecular weight is 124 g/mol. The predicted octanol–water partition coefficient (Wildman–Crippen LogP) is 2.08. The fourth-order valence-corrected chi connectivity index (χ4v) is 0.389. The highest BCUT2D eigenvalue weighted by Gasteiger charge is 1.78. The van der Waals surface area contributed by atoms with Crippen LogP contribution >= 0.6 is 0 Å². The minimum atomic E-state index is 0.819. The Bertz CT molecular complexity index is 142. The summed E-state index contributed by atoms with van der Waals surface area (Å²) in [6, 6.07) is 0. The Morgan fingerprint density at radius 3 is 2.56 bits per heavy atom. The molecule has 0 aliphatic rings. The van der Waals surface area contributed by atoms with Crippen LogP contribution in [0.15, 0.2) is 19.0 Å². The molecule has 0 amide bonds. The van der Waals surface area contributed by atoms with E-state index in [0.29, 0.717) is 0 Å². The standard InChI is InChI=1S/C5H6N2.C2H6/c1-2-5-6-3-4-7-5;1-2/h2-4H,1H2,(H,6,7);1-2H3. The normalized spacial score (nSPS) is 7.33. The molecule has 0 aliphatic carbocycles. The van der Waals surface area contributed by atoms with Crippen LogP contribution in [0.5, 0.6) is 0 Å². The highest BCUT2D eigenvalue weighted by atomic mass is 14.9. The summed E-state index contributed by atoms with van der Waals surface area (Å²) >= 11 is 0. The van der Waals surface area contributed by atoms with Crippen molar-refractivity contribution >= 4 is 6.08 Å². The Morgan fingerprint density at radius 2 is 2.33 bits per heavy atom. The van der Waals surface area contributed by atoms with E-state index in [2.05, 4.69) is 16.5 Å². The Labute approximate surface area is 55.6 Å².